The zero-order valence-electron chi connectivity index (χ0n) is 19.4. The Labute approximate surface area is 212 Å². The minimum Gasteiger partial charge on any atom is -0.482 e. The highest BCUT2D eigenvalue weighted by atomic mass is 35.5. The molecule has 186 valence electrons. The van der Waals surface area contributed by atoms with Gasteiger partial charge in [-0.25, -0.2) is 9.37 Å². The van der Waals surface area contributed by atoms with E-state index in [0.29, 0.717) is 24.4 Å². The first-order valence-corrected chi connectivity index (χ1v) is 11.9. The normalized spacial score (nSPS) is 15.3. The van der Waals surface area contributed by atoms with E-state index in [2.05, 4.69) is 10.1 Å². The van der Waals surface area contributed by atoms with Crippen molar-refractivity contribution in [2.45, 2.75) is 31.9 Å². The Bertz CT molecular complexity index is 1210. The molecule has 11 heteroatoms. The van der Waals surface area contributed by atoms with E-state index in [0.717, 1.165) is 24.0 Å². The minimum atomic E-state index is -0.692. The number of ether oxygens (including phenoxy) is 2. The van der Waals surface area contributed by atoms with Crippen LogP contribution in [0.15, 0.2) is 36.8 Å². The molecule has 1 aliphatic heterocycles. The molecule has 1 atom stereocenters. The maximum Gasteiger partial charge on any atom is 0.248 e. The minimum absolute atomic E-state index is 0.00411. The molecule has 3 aromatic rings. The second-order valence-electron chi connectivity index (χ2n) is 8.39. The number of piperidine rings is 1. The molecule has 0 aliphatic carbocycles. The molecule has 1 amide bonds. The Hall–Kier alpha value is -2.88. The SMILES string of the molecule is COCC(=O)N1CCC(n2cc(-c3cnc(N)c(OC(C)c4ccc(Cl)c(F)c4Cl)c3)cn2)CC1. The second kappa shape index (κ2) is 10.8. The van der Waals surface area contributed by atoms with E-state index in [9.17, 15) is 9.18 Å². The first-order chi connectivity index (χ1) is 16.8. The number of hydrogen-bond donors (Lipinski definition) is 1. The monoisotopic (exact) mass is 521 g/mol. The van der Waals surface area contributed by atoms with Crippen molar-refractivity contribution >= 4 is 34.9 Å². The van der Waals surface area contributed by atoms with Crippen molar-refractivity contribution in [3.63, 3.8) is 0 Å². The van der Waals surface area contributed by atoms with E-state index in [1.165, 1.54) is 13.2 Å². The van der Waals surface area contributed by atoms with E-state index in [4.69, 9.17) is 38.4 Å². The molecular formula is C24H26Cl2FN5O3. The molecule has 0 radical (unpaired) electrons. The molecule has 0 saturated carbocycles. The molecule has 1 saturated heterocycles. The Morgan fingerprint density at radius 1 is 1.26 bits per heavy atom. The summed E-state index contributed by atoms with van der Waals surface area (Å²) in [7, 11) is 1.52. The van der Waals surface area contributed by atoms with Crippen LogP contribution < -0.4 is 10.5 Å². The van der Waals surface area contributed by atoms with E-state index in [-0.39, 0.29) is 34.4 Å². The van der Waals surface area contributed by atoms with Gasteiger partial charge in [-0.2, -0.15) is 5.10 Å². The van der Waals surface area contributed by atoms with Crippen LogP contribution in [0.1, 0.15) is 37.5 Å². The maximum atomic E-state index is 14.1. The van der Waals surface area contributed by atoms with Gasteiger partial charge in [0.2, 0.25) is 5.91 Å². The standard InChI is InChI=1S/C24H26Cl2FN5O3/c1-14(18-3-4-19(25)23(27)22(18)26)35-20-9-15(10-29-24(20)28)16-11-30-32(12-16)17-5-7-31(8-6-17)21(33)13-34-2/h3-4,9-12,14,17H,5-8,13H2,1-2H3,(H2,28,29). The molecule has 0 spiro atoms. The molecule has 3 heterocycles. The molecule has 8 nitrogen and oxygen atoms in total. The molecule has 2 N–H and O–H groups in total. The summed E-state index contributed by atoms with van der Waals surface area (Å²) >= 11 is 11.9. The van der Waals surface area contributed by atoms with Crippen LogP contribution in [0, 0.1) is 5.82 Å². The number of nitrogen functional groups attached to an aromatic ring is 1. The second-order valence-corrected chi connectivity index (χ2v) is 9.17. The quantitative estimate of drug-likeness (QED) is 0.443. The van der Waals surface area contributed by atoms with E-state index < -0.39 is 11.9 Å². The zero-order valence-corrected chi connectivity index (χ0v) is 20.9. The van der Waals surface area contributed by atoms with Crippen LogP contribution in [0.3, 0.4) is 0 Å². The third-order valence-corrected chi connectivity index (χ3v) is 6.76. The van der Waals surface area contributed by atoms with Crippen LogP contribution in [-0.4, -0.2) is 52.4 Å². The van der Waals surface area contributed by atoms with Gasteiger partial charge in [-0.15, -0.1) is 0 Å². The van der Waals surface area contributed by atoms with Crippen LogP contribution in [0.2, 0.25) is 10.0 Å². The summed E-state index contributed by atoms with van der Waals surface area (Å²) in [6, 6.07) is 5.01. The number of benzene rings is 1. The van der Waals surface area contributed by atoms with Crippen LogP contribution >= 0.6 is 23.2 Å². The topological polar surface area (TPSA) is 95.5 Å². The summed E-state index contributed by atoms with van der Waals surface area (Å²) in [5.41, 5.74) is 8.11. The Morgan fingerprint density at radius 3 is 2.71 bits per heavy atom. The summed E-state index contributed by atoms with van der Waals surface area (Å²) in [4.78, 5) is 18.1. The molecule has 1 aromatic carbocycles. The number of amides is 1. The highest BCUT2D eigenvalue weighted by Crippen LogP contribution is 2.35. The third kappa shape index (κ3) is 5.52. The fourth-order valence-corrected chi connectivity index (χ4v) is 4.62. The highest BCUT2D eigenvalue weighted by Gasteiger charge is 2.24. The van der Waals surface area contributed by atoms with Gasteiger partial charge in [0.05, 0.1) is 22.3 Å². The Morgan fingerprint density at radius 2 is 2.00 bits per heavy atom. The van der Waals surface area contributed by atoms with E-state index in [1.807, 2.05) is 15.8 Å². The molecular weight excluding hydrogens is 496 g/mol. The fourth-order valence-electron chi connectivity index (χ4n) is 4.10. The smallest absolute Gasteiger partial charge is 0.248 e. The first-order valence-electron chi connectivity index (χ1n) is 11.1. The summed E-state index contributed by atoms with van der Waals surface area (Å²) in [6.07, 6.45) is 6.37. The zero-order chi connectivity index (χ0) is 25.1. The van der Waals surface area contributed by atoms with Crippen molar-refractivity contribution < 1.29 is 18.7 Å². The van der Waals surface area contributed by atoms with Crippen molar-refractivity contribution in [3.8, 4) is 16.9 Å². The van der Waals surface area contributed by atoms with Crippen molar-refractivity contribution in [2.75, 3.05) is 32.5 Å². The van der Waals surface area contributed by atoms with Crippen LogP contribution in [0.5, 0.6) is 5.75 Å². The lowest BCUT2D eigenvalue weighted by Crippen LogP contribution is -2.40. The Balaban J connectivity index is 1.47. The molecule has 1 aliphatic rings. The van der Waals surface area contributed by atoms with Gasteiger partial charge in [0.25, 0.3) is 0 Å². The van der Waals surface area contributed by atoms with E-state index >= 15 is 0 Å². The molecule has 4 rings (SSSR count). The molecule has 0 bridgehead atoms. The summed E-state index contributed by atoms with van der Waals surface area (Å²) in [6.45, 7) is 3.16. The highest BCUT2D eigenvalue weighted by molar-refractivity contribution is 6.35. The lowest BCUT2D eigenvalue weighted by atomic mass is 10.1. The summed E-state index contributed by atoms with van der Waals surface area (Å²) < 4.78 is 27.0. The Kier molecular flexibility index (Phi) is 7.78. The van der Waals surface area contributed by atoms with Gasteiger partial charge in [-0.1, -0.05) is 29.3 Å². The number of halogens is 3. The average Bonchev–Trinajstić information content (AvgIpc) is 3.34. The molecule has 35 heavy (non-hydrogen) atoms. The number of methoxy groups -OCH3 is 1. The van der Waals surface area contributed by atoms with Crippen molar-refractivity contribution in [1.82, 2.24) is 19.7 Å². The largest absolute Gasteiger partial charge is 0.482 e. The number of carbonyl (C=O) groups is 1. The van der Waals surface area contributed by atoms with Crippen LogP contribution in [-0.2, 0) is 9.53 Å². The molecule has 1 fully saturated rings. The van der Waals surface area contributed by atoms with E-state index in [1.54, 1.807) is 31.5 Å². The fraction of sp³-hybridized carbons (Fsp3) is 0.375. The number of nitrogens with zero attached hydrogens (tertiary/aromatic N) is 4. The lowest BCUT2D eigenvalue weighted by molar-refractivity contribution is -0.136. The number of nitrogens with two attached hydrogens (primary N) is 1. The van der Waals surface area contributed by atoms with Crippen molar-refractivity contribution in [1.29, 1.82) is 0 Å². The van der Waals surface area contributed by atoms with Crippen molar-refractivity contribution in [3.05, 3.63) is 58.2 Å². The summed E-state index contributed by atoms with van der Waals surface area (Å²) in [5.74, 6) is -0.141. The predicted octanol–water partition coefficient (Wildman–Crippen LogP) is 4.92. The van der Waals surface area contributed by atoms with Crippen molar-refractivity contribution in [2.24, 2.45) is 0 Å². The average molecular weight is 522 g/mol. The maximum absolute atomic E-state index is 14.1. The van der Waals surface area contributed by atoms with Crippen LogP contribution in [0.25, 0.3) is 11.1 Å². The number of hydrogen-bond acceptors (Lipinski definition) is 6. The number of pyridine rings is 1. The summed E-state index contributed by atoms with van der Waals surface area (Å²) in [5, 5.41) is 4.38. The van der Waals surface area contributed by atoms with Gasteiger partial charge < -0.3 is 20.1 Å². The number of anilines is 1. The van der Waals surface area contributed by atoms with Gasteiger partial charge in [-0.05, 0) is 31.9 Å². The van der Waals surface area contributed by atoms with Gasteiger partial charge in [-0.3, -0.25) is 9.48 Å². The third-order valence-electron chi connectivity index (χ3n) is 6.08. The van der Waals surface area contributed by atoms with Gasteiger partial charge in [0.1, 0.15) is 12.7 Å². The number of likely N-dealkylation sites (tertiary alicyclic amines) is 1. The first kappa shape index (κ1) is 25.2. The molecule has 2 aromatic heterocycles. The van der Waals surface area contributed by atoms with Gasteiger partial charge in [0.15, 0.2) is 17.4 Å². The molecule has 1 unspecified atom stereocenters. The van der Waals surface area contributed by atoms with Gasteiger partial charge in [0, 0.05) is 49.3 Å². The number of aromatic nitrogens is 3. The number of carbonyl (C=O) groups excluding carboxylic acids is 1. The lowest BCUT2D eigenvalue weighted by Gasteiger charge is -2.32. The number of rotatable bonds is 7. The van der Waals surface area contributed by atoms with Gasteiger partial charge >= 0.3 is 0 Å². The van der Waals surface area contributed by atoms with Crippen LogP contribution in [0.4, 0.5) is 10.2 Å². The predicted molar refractivity (Wildman–Crippen MR) is 132 cm³/mol.